The zero-order valence-electron chi connectivity index (χ0n) is 18.2. The number of hydrogen-bond donors (Lipinski definition) is 1. The van der Waals surface area contributed by atoms with E-state index in [1.54, 1.807) is 17.1 Å². The van der Waals surface area contributed by atoms with Crippen LogP contribution in [0.3, 0.4) is 0 Å². The quantitative estimate of drug-likeness (QED) is 0.398. The fourth-order valence-corrected chi connectivity index (χ4v) is 4.31. The summed E-state index contributed by atoms with van der Waals surface area (Å²) in [6.07, 6.45) is 5.77. The number of hydrogen-bond acceptors (Lipinski definition) is 7. The lowest BCUT2D eigenvalue weighted by Gasteiger charge is -2.13. The van der Waals surface area contributed by atoms with Crippen molar-refractivity contribution in [3.8, 4) is 0 Å². The summed E-state index contributed by atoms with van der Waals surface area (Å²) >= 11 is 6.27. The van der Waals surface area contributed by atoms with E-state index in [1.807, 2.05) is 43.5 Å². The SMILES string of the molecule is CCOCCn1cc2c(C3C(=O)Cc4ccc(Cl)cc43)nc(NCc3cccnc3)nc2n1. The maximum absolute atomic E-state index is 13.1. The molecule has 168 valence electrons. The molecule has 1 unspecified atom stereocenters. The van der Waals surface area contributed by atoms with Crippen molar-refractivity contribution < 1.29 is 9.53 Å². The number of rotatable bonds is 8. The van der Waals surface area contributed by atoms with Crippen molar-refractivity contribution in [2.45, 2.75) is 32.4 Å². The molecule has 1 aliphatic carbocycles. The lowest BCUT2D eigenvalue weighted by Crippen LogP contribution is -2.13. The largest absolute Gasteiger partial charge is 0.380 e. The van der Waals surface area contributed by atoms with Crippen molar-refractivity contribution >= 4 is 34.4 Å². The number of halogens is 1. The van der Waals surface area contributed by atoms with Gasteiger partial charge in [0.2, 0.25) is 5.95 Å². The Hall–Kier alpha value is -3.36. The fourth-order valence-electron chi connectivity index (χ4n) is 4.13. The summed E-state index contributed by atoms with van der Waals surface area (Å²) in [5.74, 6) is -0.0000783. The fraction of sp³-hybridized carbons (Fsp3) is 0.292. The lowest BCUT2D eigenvalue weighted by atomic mass is 9.95. The standard InChI is InChI=1S/C24H23ClN6O2/c1-2-33-9-8-31-14-19-22(21-18-11-17(25)6-5-16(18)10-20(21)32)28-24(29-23(19)30-31)27-13-15-4-3-7-26-12-15/h3-7,11-12,14,21H,2,8-10,13H2,1H3,(H,27,29,30). The van der Waals surface area contributed by atoms with Crippen LogP contribution in [0.4, 0.5) is 5.95 Å². The van der Waals surface area contributed by atoms with E-state index in [-0.39, 0.29) is 5.78 Å². The van der Waals surface area contributed by atoms with Crippen LogP contribution in [0.2, 0.25) is 5.02 Å². The molecule has 1 atom stereocenters. The third-order valence-electron chi connectivity index (χ3n) is 5.68. The number of nitrogens with one attached hydrogen (secondary N) is 1. The molecule has 0 spiro atoms. The average molecular weight is 463 g/mol. The monoisotopic (exact) mass is 462 g/mol. The molecule has 1 aromatic carbocycles. The summed E-state index contributed by atoms with van der Waals surface area (Å²) in [6, 6.07) is 9.45. The first-order chi connectivity index (χ1) is 16.1. The van der Waals surface area contributed by atoms with Crippen molar-refractivity contribution in [3.05, 3.63) is 76.3 Å². The highest BCUT2D eigenvalue weighted by atomic mass is 35.5. The first-order valence-electron chi connectivity index (χ1n) is 10.9. The minimum atomic E-state index is -0.507. The van der Waals surface area contributed by atoms with Gasteiger partial charge in [-0.15, -0.1) is 0 Å². The van der Waals surface area contributed by atoms with Crippen LogP contribution in [0.5, 0.6) is 0 Å². The Balaban J connectivity index is 1.56. The molecular formula is C24H23ClN6O2. The molecule has 8 nitrogen and oxygen atoms in total. The zero-order chi connectivity index (χ0) is 22.8. The summed E-state index contributed by atoms with van der Waals surface area (Å²) < 4.78 is 7.26. The maximum Gasteiger partial charge on any atom is 0.225 e. The summed E-state index contributed by atoms with van der Waals surface area (Å²) in [7, 11) is 0. The second-order valence-electron chi connectivity index (χ2n) is 7.89. The molecule has 3 heterocycles. The van der Waals surface area contributed by atoms with Gasteiger partial charge in [-0.1, -0.05) is 23.7 Å². The molecule has 0 radical (unpaired) electrons. The molecule has 5 rings (SSSR count). The lowest BCUT2D eigenvalue weighted by molar-refractivity contribution is -0.118. The molecule has 4 aromatic rings. The molecule has 33 heavy (non-hydrogen) atoms. The van der Waals surface area contributed by atoms with E-state index in [1.165, 1.54) is 0 Å². The number of pyridine rings is 1. The van der Waals surface area contributed by atoms with Gasteiger partial charge < -0.3 is 10.1 Å². The molecule has 0 bridgehead atoms. The Morgan fingerprint density at radius 1 is 1.27 bits per heavy atom. The topological polar surface area (TPSA) is 94.8 Å². The van der Waals surface area contributed by atoms with Gasteiger partial charge in [-0.2, -0.15) is 10.1 Å². The number of Topliss-reactive ketones (excluding diaryl/α,β-unsaturated/α-hetero) is 1. The molecule has 9 heteroatoms. The molecular weight excluding hydrogens is 440 g/mol. The van der Waals surface area contributed by atoms with E-state index in [0.29, 0.717) is 55.0 Å². The van der Waals surface area contributed by atoms with Crippen LogP contribution in [0, 0.1) is 0 Å². The molecule has 0 aliphatic heterocycles. The molecule has 0 fully saturated rings. The van der Waals surface area contributed by atoms with Gasteiger partial charge >= 0.3 is 0 Å². The number of ether oxygens (including phenoxy) is 1. The number of carbonyl (C=O) groups is 1. The van der Waals surface area contributed by atoms with E-state index in [9.17, 15) is 4.79 Å². The normalized spacial score (nSPS) is 15.2. The number of nitrogens with zero attached hydrogens (tertiary/aromatic N) is 5. The van der Waals surface area contributed by atoms with Crippen LogP contribution in [-0.4, -0.2) is 43.7 Å². The molecule has 0 amide bonds. The second kappa shape index (κ2) is 9.25. The van der Waals surface area contributed by atoms with E-state index in [2.05, 4.69) is 20.4 Å². The van der Waals surface area contributed by atoms with E-state index >= 15 is 0 Å². The average Bonchev–Trinajstić information content (AvgIpc) is 3.37. The van der Waals surface area contributed by atoms with Gasteiger partial charge in [-0.25, -0.2) is 4.98 Å². The van der Waals surface area contributed by atoms with Crippen LogP contribution < -0.4 is 5.32 Å². The number of carbonyl (C=O) groups excluding carboxylic acids is 1. The van der Waals surface area contributed by atoms with Crippen molar-refractivity contribution in [1.29, 1.82) is 0 Å². The highest BCUT2D eigenvalue weighted by Crippen LogP contribution is 2.39. The number of ketones is 1. The third kappa shape index (κ3) is 4.44. The smallest absolute Gasteiger partial charge is 0.225 e. The maximum atomic E-state index is 13.1. The van der Waals surface area contributed by atoms with E-state index in [4.69, 9.17) is 21.3 Å². The van der Waals surface area contributed by atoms with Gasteiger partial charge in [-0.05, 0) is 41.8 Å². The van der Waals surface area contributed by atoms with Crippen LogP contribution in [0.15, 0.2) is 48.9 Å². The van der Waals surface area contributed by atoms with Crippen LogP contribution in [0.1, 0.15) is 35.2 Å². The Bertz CT molecular complexity index is 1310. The Morgan fingerprint density at radius 2 is 2.18 bits per heavy atom. The van der Waals surface area contributed by atoms with Gasteiger partial charge in [-0.3, -0.25) is 14.5 Å². The van der Waals surface area contributed by atoms with Crippen LogP contribution in [-0.2, 0) is 29.0 Å². The number of fused-ring (bicyclic) bond motifs is 2. The second-order valence-corrected chi connectivity index (χ2v) is 8.33. The summed E-state index contributed by atoms with van der Waals surface area (Å²) in [5, 5.41) is 9.23. The van der Waals surface area contributed by atoms with Gasteiger partial charge in [0.15, 0.2) is 11.4 Å². The number of benzene rings is 1. The summed E-state index contributed by atoms with van der Waals surface area (Å²) in [6.45, 7) is 4.23. The Morgan fingerprint density at radius 3 is 3.00 bits per heavy atom. The van der Waals surface area contributed by atoms with E-state index < -0.39 is 5.92 Å². The zero-order valence-corrected chi connectivity index (χ0v) is 18.9. The highest BCUT2D eigenvalue weighted by Gasteiger charge is 2.35. The Kier molecular flexibility index (Phi) is 6.02. The van der Waals surface area contributed by atoms with Crippen molar-refractivity contribution in [1.82, 2.24) is 24.7 Å². The molecule has 3 aromatic heterocycles. The molecule has 1 N–H and O–H groups in total. The molecule has 1 aliphatic rings. The predicted molar refractivity (Wildman–Crippen MR) is 125 cm³/mol. The van der Waals surface area contributed by atoms with Gasteiger partial charge in [0.1, 0.15) is 0 Å². The van der Waals surface area contributed by atoms with Gasteiger partial charge in [0.05, 0.1) is 30.1 Å². The Labute approximate surface area is 196 Å². The van der Waals surface area contributed by atoms with E-state index in [0.717, 1.165) is 22.1 Å². The van der Waals surface area contributed by atoms with Crippen molar-refractivity contribution in [3.63, 3.8) is 0 Å². The predicted octanol–water partition coefficient (Wildman–Crippen LogP) is 3.78. The van der Waals surface area contributed by atoms with Crippen molar-refractivity contribution in [2.75, 3.05) is 18.5 Å². The first-order valence-corrected chi connectivity index (χ1v) is 11.3. The van der Waals surface area contributed by atoms with Crippen LogP contribution in [0.25, 0.3) is 11.0 Å². The summed E-state index contributed by atoms with van der Waals surface area (Å²) in [4.78, 5) is 26.7. The van der Waals surface area contributed by atoms with Gasteiger partial charge in [0.25, 0.3) is 0 Å². The molecule has 0 saturated carbocycles. The van der Waals surface area contributed by atoms with Gasteiger partial charge in [0, 0.05) is 43.2 Å². The minimum Gasteiger partial charge on any atom is -0.380 e. The van der Waals surface area contributed by atoms with Crippen LogP contribution >= 0.6 is 11.6 Å². The minimum absolute atomic E-state index is 0.0903. The first kappa shape index (κ1) is 21.5. The number of aromatic nitrogens is 5. The summed E-state index contributed by atoms with van der Waals surface area (Å²) in [5.41, 5.74) is 4.05. The van der Waals surface area contributed by atoms with Crippen molar-refractivity contribution in [2.24, 2.45) is 0 Å². The highest BCUT2D eigenvalue weighted by molar-refractivity contribution is 6.30. The number of anilines is 1. The molecule has 0 saturated heterocycles. The third-order valence-corrected chi connectivity index (χ3v) is 5.91.